The highest BCUT2D eigenvalue weighted by Crippen LogP contribution is 2.12. The maximum Gasteiger partial charge on any atom is 0.311 e. The summed E-state index contributed by atoms with van der Waals surface area (Å²) in [6.45, 7) is 1.94. The Kier molecular flexibility index (Phi) is 4.31. The molecule has 0 unspecified atom stereocenters. The molecule has 1 aromatic carbocycles. The summed E-state index contributed by atoms with van der Waals surface area (Å²) in [5.41, 5.74) is 1.09. The monoisotopic (exact) mass is 226 g/mol. The van der Waals surface area contributed by atoms with Gasteiger partial charge in [-0.05, 0) is 30.7 Å². The number of halogens is 1. The number of aryl methyl sites for hydroxylation is 1. The summed E-state index contributed by atoms with van der Waals surface area (Å²) in [6.07, 6.45) is 0.0163. The second kappa shape index (κ2) is 5.51. The molecule has 0 aliphatic rings. The molecule has 0 spiro atoms. The predicted molar refractivity (Wildman–Crippen MR) is 56.9 cm³/mol. The van der Waals surface area contributed by atoms with Crippen molar-refractivity contribution in [1.82, 2.24) is 0 Å². The van der Waals surface area contributed by atoms with Gasteiger partial charge in [-0.2, -0.15) is 0 Å². The Labute approximate surface area is 93.0 Å². The van der Waals surface area contributed by atoms with Gasteiger partial charge in [0.1, 0.15) is 5.75 Å². The fraction of sp³-hybridized carbons (Fsp3) is 0.273. The highest BCUT2D eigenvalue weighted by atomic mass is 35.5. The lowest BCUT2D eigenvalue weighted by atomic mass is 10.2. The first-order valence-corrected chi connectivity index (χ1v) is 4.91. The summed E-state index contributed by atoms with van der Waals surface area (Å²) in [5, 5.41) is -0.532. The molecule has 15 heavy (non-hydrogen) atoms. The van der Waals surface area contributed by atoms with Crippen LogP contribution in [0.2, 0.25) is 0 Å². The highest BCUT2D eigenvalue weighted by molar-refractivity contribution is 6.63. The van der Waals surface area contributed by atoms with Crippen LogP contribution in [0.3, 0.4) is 0 Å². The Bertz CT molecular complexity index is 357. The molecule has 0 atom stereocenters. The normalized spacial score (nSPS) is 9.73. The Morgan fingerprint density at radius 2 is 1.80 bits per heavy atom. The average molecular weight is 227 g/mol. The van der Waals surface area contributed by atoms with Gasteiger partial charge in [0.05, 0.1) is 6.42 Å². The summed E-state index contributed by atoms with van der Waals surface area (Å²) in [6, 6.07) is 7.09. The van der Waals surface area contributed by atoms with E-state index >= 15 is 0 Å². The van der Waals surface area contributed by atoms with Crippen LogP contribution in [-0.4, -0.2) is 11.2 Å². The molecule has 0 aliphatic carbocycles. The molecule has 4 heteroatoms. The lowest BCUT2D eigenvalue weighted by Crippen LogP contribution is -2.08. The second-order valence-electron chi connectivity index (χ2n) is 3.14. The van der Waals surface area contributed by atoms with E-state index in [9.17, 15) is 9.59 Å². The van der Waals surface area contributed by atoms with Crippen LogP contribution in [0, 0.1) is 6.92 Å². The number of ether oxygens (including phenoxy) is 1. The Morgan fingerprint density at radius 3 is 2.33 bits per heavy atom. The zero-order valence-corrected chi connectivity index (χ0v) is 9.08. The predicted octanol–water partition coefficient (Wildman–Crippen LogP) is 2.45. The molecule has 0 amide bonds. The molecule has 3 nitrogen and oxygen atoms in total. The lowest BCUT2D eigenvalue weighted by molar-refractivity contribution is -0.135. The van der Waals surface area contributed by atoms with E-state index in [4.69, 9.17) is 16.3 Å². The molecule has 0 saturated carbocycles. The SMILES string of the molecule is Cc1ccc(OC(=O)CCC(=O)Cl)cc1. The lowest BCUT2D eigenvalue weighted by Gasteiger charge is -2.02. The van der Waals surface area contributed by atoms with Crippen molar-refractivity contribution in [2.75, 3.05) is 0 Å². The number of carbonyl (C=O) groups is 2. The number of hydrogen-bond acceptors (Lipinski definition) is 3. The van der Waals surface area contributed by atoms with Crippen LogP contribution >= 0.6 is 11.6 Å². The molecule has 1 aromatic rings. The zero-order chi connectivity index (χ0) is 11.3. The van der Waals surface area contributed by atoms with Gasteiger partial charge in [0.2, 0.25) is 5.24 Å². The maximum atomic E-state index is 11.2. The van der Waals surface area contributed by atoms with Gasteiger partial charge in [-0.3, -0.25) is 9.59 Å². The summed E-state index contributed by atoms with van der Waals surface area (Å²) in [4.78, 5) is 21.6. The van der Waals surface area contributed by atoms with Crippen molar-refractivity contribution in [3.05, 3.63) is 29.8 Å². The van der Waals surface area contributed by atoms with Gasteiger partial charge in [0.25, 0.3) is 0 Å². The summed E-state index contributed by atoms with van der Waals surface area (Å²) < 4.78 is 4.97. The van der Waals surface area contributed by atoms with Crippen molar-refractivity contribution in [1.29, 1.82) is 0 Å². The first-order chi connectivity index (χ1) is 7.08. The second-order valence-corrected chi connectivity index (χ2v) is 3.56. The van der Waals surface area contributed by atoms with Crippen LogP contribution < -0.4 is 4.74 Å². The Morgan fingerprint density at radius 1 is 1.20 bits per heavy atom. The number of benzene rings is 1. The number of carbonyl (C=O) groups excluding carboxylic acids is 2. The molecule has 1 rings (SSSR count). The number of esters is 1. The third-order valence-electron chi connectivity index (χ3n) is 1.78. The largest absolute Gasteiger partial charge is 0.427 e. The van der Waals surface area contributed by atoms with Gasteiger partial charge in [-0.25, -0.2) is 0 Å². The zero-order valence-electron chi connectivity index (χ0n) is 8.33. The number of hydrogen-bond donors (Lipinski definition) is 0. The fourth-order valence-corrected chi connectivity index (χ4v) is 1.08. The van der Waals surface area contributed by atoms with Crippen molar-refractivity contribution in [2.24, 2.45) is 0 Å². The third kappa shape index (κ3) is 4.61. The van der Waals surface area contributed by atoms with Crippen LogP contribution in [0.4, 0.5) is 0 Å². The minimum atomic E-state index is -0.532. The van der Waals surface area contributed by atoms with E-state index in [2.05, 4.69) is 0 Å². The van der Waals surface area contributed by atoms with E-state index in [0.717, 1.165) is 5.56 Å². The van der Waals surface area contributed by atoms with Gasteiger partial charge >= 0.3 is 5.97 Å². The maximum absolute atomic E-state index is 11.2. The highest BCUT2D eigenvalue weighted by Gasteiger charge is 2.06. The minimum absolute atomic E-state index is 0.00620. The van der Waals surface area contributed by atoms with E-state index in [1.807, 2.05) is 19.1 Å². The third-order valence-corrected chi connectivity index (χ3v) is 1.97. The van der Waals surface area contributed by atoms with Crippen LogP contribution in [0.15, 0.2) is 24.3 Å². The molecular formula is C11H11ClO3. The summed E-state index contributed by atoms with van der Waals surface area (Å²) in [7, 11) is 0. The average Bonchev–Trinajstić information content (AvgIpc) is 2.19. The quantitative estimate of drug-likeness (QED) is 0.450. The van der Waals surface area contributed by atoms with E-state index in [1.54, 1.807) is 12.1 Å². The van der Waals surface area contributed by atoms with Crippen molar-refractivity contribution in [2.45, 2.75) is 19.8 Å². The number of rotatable bonds is 4. The summed E-state index contributed by atoms with van der Waals surface area (Å²) in [5.74, 6) is 0.0282. The fourth-order valence-electron chi connectivity index (χ4n) is 0.989. The van der Waals surface area contributed by atoms with Gasteiger partial charge in [0, 0.05) is 6.42 Å². The van der Waals surface area contributed by atoms with Crippen LogP contribution in [0.1, 0.15) is 18.4 Å². The van der Waals surface area contributed by atoms with Gasteiger partial charge in [-0.15, -0.1) is 0 Å². The standard InChI is InChI=1S/C11H11ClO3/c1-8-2-4-9(5-3-8)15-11(14)7-6-10(12)13/h2-5H,6-7H2,1H3. The van der Waals surface area contributed by atoms with Crippen molar-refractivity contribution >= 4 is 22.8 Å². The molecule has 0 aliphatic heterocycles. The van der Waals surface area contributed by atoms with Gasteiger partial charge in [0.15, 0.2) is 0 Å². The van der Waals surface area contributed by atoms with Crippen molar-refractivity contribution in [3.8, 4) is 5.75 Å². The Balaban J connectivity index is 2.44. The van der Waals surface area contributed by atoms with Crippen LogP contribution in [0.25, 0.3) is 0 Å². The first-order valence-electron chi connectivity index (χ1n) is 4.53. The van der Waals surface area contributed by atoms with E-state index in [0.29, 0.717) is 5.75 Å². The molecule has 0 aromatic heterocycles. The van der Waals surface area contributed by atoms with Gasteiger partial charge < -0.3 is 4.74 Å². The molecule has 80 valence electrons. The molecule has 0 bridgehead atoms. The van der Waals surface area contributed by atoms with E-state index in [1.165, 1.54) is 0 Å². The topological polar surface area (TPSA) is 43.4 Å². The van der Waals surface area contributed by atoms with Crippen molar-refractivity contribution in [3.63, 3.8) is 0 Å². The van der Waals surface area contributed by atoms with Crippen LogP contribution in [0.5, 0.6) is 5.75 Å². The smallest absolute Gasteiger partial charge is 0.311 e. The molecular weight excluding hydrogens is 216 g/mol. The van der Waals surface area contributed by atoms with Crippen molar-refractivity contribution < 1.29 is 14.3 Å². The minimum Gasteiger partial charge on any atom is -0.427 e. The van der Waals surface area contributed by atoms with Gasteiger partial charge in [-0.1, -0.05) is 17.7 Å². The summed E-state index contributed by atoms with van der Waals surface area (Å²) >= 11 is 5.10. The molecule has 0 saturated heterocycles. The molecule has 0 radical (unpaired) electrons. The van der Waals surface area contributed by atoms with E-state index < -0.39 is 11.2 Å². The Hall–Kier alpha value is -1.35. The molecule has 0 N–H and O–H groups in total. The van der Waals surface area contributed by atoms with Crippen LogP contribution in [-0.2, 0) is 9.59 Å². The molecule has 0 fully saturated rings. The molecule has 0 heterocycles. The van der Waals surface area contributed by atoms with E-state index in [-0.39, 0.29) is 12.8 Å². The first kappa shape index (κ1) is 11.7.